The van der Waals surface area contributed by atoms with Crippen LogP contribution >= 0.6 is 0 Å². The second-order valence-corrected chi connectivity index (χ2v) is 30.5. The minimum Gasteiger partial charge on any atom is -0.456 e. The van der Waals surface area contributed by atoms with Crippen molar-refractivity contribution in [3.05, 3.63) is 420 Å². The van der Waals surface area contributed by atoms with Gasteiger partial charge in [0.1, 0.15) is 22.3 Å². The Bertz CT molecular complexity index is 6550. The van der Waals surface area contributed by atoms with Crippen molar-refractivity contribution in [3.8, 4) is 33.4 Å². The van der Waals surface area contributed by atoms with Crippen molar-refractivity contribution in [1.29, 1.82) is 0 Å². The van der Waals surface area contributed by atoms with Gasteiger partial charge in [-0.1, -0.05) is 312 Å². The van der Waals surface area contributed by atoms with Crippen LogP contribution in [0.1, 0.15) is 70.8 Å². The summed E-state index contributed by atoms with van der Waals surface area (Å²) in [6.45, 7) is 6.79. The van der Waals surface area contributed by atoms with Crippen LogP contribution in [0, 0.1) is 0 Å². The number of fused-ring (bicyclic) bond motifs is 15. The zero-order valence-electron chi connectivity index (χ0n) is 60.0. The van der Waals surface area contributed by atoms with E-state index in [1.165, 1.54) is 77.6 Å². The van der Waals surface area contributed by atoms with E-state index >= 15 is 0 Å². The summed E-state index contributed by atoms with van der Waals surface area (Å²) in [7, 11) is 0. The number of anilines is 9. The lowest BCUT2D eigenvalue weighted by Crippen LogP contribution is -2.61. The molecule has 16 aromatic carbocycles. The molecule has 3 aliphatic heterocycles. The fourth-order valence-corrected chi connectivity index (χ4v) is 19.4. The number of hydrogen-bond acceptors (Lipinski definition) is 5. The van der Waals surface area contributed by atoms with E-state index < -0.39 is 10.8 Å². The fourth-order valence-electron chi connectivity index (χ4n) is 19.4. The van der Waals surface area contributed by atoms with Crippen LogP contribution in [0.3, 0.4) is 0 Å². The van der Waals surface area contributed by atoms with Gasteiger partial charge in [0.25, 0.3) is 6.71 Å². The molecule has 22 rings (SSSR count). The minimum absolute atomic E-state index is 0.348. The van der Waals surface area contributed by atoms with Gasteiger partial charge in [-0.05, 0) is 173 Å². The van der Waals surface area contributed by atoms with Gasteiger partial charge in [-0.3, -0.25) is 0 Å². The molecule has 0 bridgehead atoms. The van der Waals surface area contributed by atoms with Crippen LogP contribution in [0.25, 0.3) is 77.3 Å². The quantitative estimate of drug-likeness (QED) is 0.135. The summed E-state index contributed by atoms with van der Waals surface area (Å²) in [5.41, 5.74) is 32.6. The molecule has 5 nitrogen and oxygen atoms in total. The van der Waals surface area contributed by atoms with Crippen molar-refractivity contribution in [3.63, 3.8) is 0 Å². The lowest BCUT2D eigenvalue weighted by molar-refractivity contribution is 0.590. The highest BCUT2D eigenvalue weighted by Crippen LogP contribution is 2.62. The summed E-state index contributed by atoms with van der Waals surface area (Å²) in [6.07, 6.45) is 0. The van der Waals surface area contributed by atoms with E-state index in [0.29, 0.717) is 0 Å². The van der Waals surface area contributed by atoms with E-state index in [1.54, 1.807) is 0 Å². The average Bonchev–Trinajstić information content (AvgIpc) is 1.18. The number of nitrogens with zero attached hydrogens (tertiary/aromatic N) is 3. The first-order valence-electron chi connectivity index (χ1n) is 37.7. The molecule has 18 aromatic rings. The van der Waals surface area contributed by atoms with Gasteiger partial charge in [0.05, 0.1) is 44.4 Å². The SMILES string of the molecule is CC(C)(C)c1cc2c3c(c1)N(c1c(-c4ccccc4)ccc4oc5ccccc5c14)c1cc4c(cc1B3c1ccc(N3c5ccccc5C(c5ccccc5)(c5ccccc5)c5ccccc53)cc1N2c1c(-c2ccccc2)ccc2oc3ccccc3c12)C(c1ccccc1)(c1ccccc1)c1ccccc1-4. The molecule has 0 saturated heterocycles. The lowest BCUT2D eigenvalue weighted by atomic mass is 9.33. The van der Waals surface area contributed by atoms with Crippen molar-refractivity contribution in [2.24, 2.45) is 0 Å². The predicted octanol–water partition coefficient (Wildman–Crippen LogP) is 24.7. The molecule has 0 atom stereocenters. The smallest absolute Gasteiger partial charge is 0.252 e. The Hall–Kier alpha value is -13.4. The van der Waals surface area contributed by atoms with Crippen molar-refractivity contribution in [2.45, 2.75) is 37.0 Å². The van der Waals surface area contributed by atoms with Crippen LogP contribution in [-0.2, 0) is 16.2 Å². The number of rotatable bonds is 9. The highest BCUT2D eigenvalue weighted by Gasteiger charge is 2.52. The van der Waals surface area contributed by atoms with Crippen molar-refractivity contribution in [1.82, 2.24) is 0 Å². The topological polar surface area (TPSA) is 36.0 Å². The molecule has 6 heteroatoms. The molecule has 0 fully saturated rings. The molecular weight excluding hydrogens is 1310 g/mol. The number of hydrogen-bond donors (Lipinski definition) is 0. The minimum atomic E-state index is -0.719. The molecule has 0 radical (unpaired) electrons. The standard InChI is InChI=1S/C102H70BN3O2/c1-100(2,3)71-60-89-97-90(61-71)106(99-74(66-34-12-5-13-35-66)56-59-94-96(99)77-46-24-31-53-92(77)108-94)88-63-78-75-44-22-25-47-79(75)101(67-36-14-6-15-37-67,68-38-16-7-17-39-68)82(78)64-84(88)103(97)83-57-54-72(62-87(83)105(89)98-73(65-32-10-4-11-33-65)55-58-93-95(98)76-45-23-30-52-91(76)107-93)104-85-50-28-26-48-80(85)102(69-40-18-8-19-41-69,70-42-20-9-21-43-70)81-49-27-29-51-86(81)104/h4-64H,1-3H3. The fraction of sp³-hybridized carbons (Fsp3) is 0.0588. The summed E-state index contributed by atoms with van der Waals surface area (Å²) in [4.78, 5) is 7.94. The molecule has 508 valence electrons. The maximum absolute atomic E-state index is 7.15. The third-order valence-electron chi connectivity index (χ3n) is 23.9. The molecule has 2 aromatic heterocycles. The van der Waals surface area contributed by atoms with Gasteiger partial charge in [-0.2, -0.15) is 0 Å². The van der Waals surface area contributed by atoms with Crippen molar-refractivity contribution >= 4 is 118 Å². The van der Waals surface area contributed by atoms with Crippen LogP contribution in [-0.4, -0.2) is 6.71 Å². The second kappa shape index (κ2) is 23.5. The Morgan fingerprint density at radius 2 is 0.685 bits per heavy atom. The zero-order valence-corrected chi connectivity index (χ0v) is 60.0. The van der Waals surface area contributed by atoms with E-state index in [4.69, 9.17) is 8.83 Å². The maximum atomic E-state index is 7.15. The first-order chi connectivity index (χ1) is 53.2. The number of benzene rings is 16. The Kier molecular flexibility index (Phi) is 13.5. The van der Waals surface area contributed by atoms with Gasteiger partial charge in [0, 0.05) is 50.3 Å². The first-order valence-corrected chi connectivity index (χ1v) is 37.7. The summed E-state index contributed by atoms with van der Waals surface area (Å²) >= 11 is 0. The van der Waals surface area contributed by atoms with Gasteiger partial charge in [-0.15, -0.1) is 0 Å². The van der Waals surface area contributed by atoms with Crippen LogP contribution in [0.5, 0.6) is 0 Å². The van der Waals surface area contributed by atoms with Gasteiger partial charge in [-0.25, -0.2) is 0 Å². The number of furan rings is 2. The molecule has 0 spiro atoms. The van der Waals surface area contributed by atoms with Gasteiger partial charge < -0.3 is 23.5 Å². The van der Waals surface area contributed by atoms with E-state index in [2.05, 4.69) is 406 Å². The van der Waals surface area contributed by atoms with Gasteiger partial charge in [0.2, 0.25) is 0 Å². The van der Waals surface area contributed by atoms with Gasteiger partial charge >= 0.3 is 0 Å². The molecule has 0 saturated carbocycles. The largest absolute Gasteiger partial charge is 0.456 e. The molecule has 0 amide bonds. The third kappa shape index (κ3) is 8.71. The summed E-state index contributed by atoms with van der Waals surface area (Å²) < 4.78 is 14.3. The summed E-state index contributed by atoms with van der Waals surface area (Å²) in [5.74, 6) is 0. The zero-order chi connectivity index (χ0) is 71.6. The van der Waals surface area contributed by atoms with Crippen molar-refractivity contribution in [2.75, 3.05) is 14.7 Å². The van der Waals surface area contributed by atoms with E-state index in [0.717, 1.165) is 117 Å². The van der Waals surface area contributed by atoms with Crippen LogP contribution in [0.4, 0.5) is 51.2 Å². The van der Waals surface area contributed by atoms with E-state index in [-0.39, 0.29) is 12.1 Å². The van der Waals surface area contributed by atoms with Crippen LogP contribution in [0.15, 0.2) is 379 Å². The molecule has 108 heavy (non-hydrogen) atoms. The lowest BCUT2D eigenvalue weighted by Gasteiger charge is -2.48. The highest BCUT2D eigenvalue weighted by molar-refractivity contribution is 7.00. The van der Waals surface area contributed by atoms with E-state index in [9.17, 15) is 0 Å². The van der Waals surface area contributed by atoms with Gasteiger partial charge in [0.15, 0.2) is 0 Å². The summed E-state index contributed by atoms with van der Waals surface area (Å²) in [5, 5.41) is 4.20. The molecule has 1 aliphatic carbocycles. The molecular formula is C102H70BN3O2. The Morgan fingerprint density at radius 3 is 1.17 bits per heavy atom. The molecule has 0 unspecified atom stereocenters. The monoisotopic (exact) mass is 1380 g/mol. The third-order valence-corrected chi connectivity index (χ3v) is 23.9. The normalized spacial score (nSPS) is 14.1. The molecule has 5 heterocycles. The highest BCUT2D eigenvalue weighted by atomic mass is 16.3. The van der Waals surface area contributed by atoms with Crippen molar-refractivity contribution < 1.29 is 8.83 Å². The Morgan fingerprint density at radius 1 is 0.278 bits per heavy atom. The maximum Gasteiger partial charge on any atom is 0.252 e. The molecule has 0 N–H and O–H groups in total. The van der Waals surface area contributed by atoms with Crippen LogP contribution < -0.4 is 31.1 Å². The predicted molar refractivity (Wildman–Crippen MR) is 448 cm³/mol. The molecule has 4 aliphatic rings. The van der Waals surface area contributed by atoms with Crippen LogP contribution in [0.2, 0.25) is 0 Å². The Balaban J connectivity index is 0.921. The number of para-hydroxylation sites is 4. The second-order valence-electron chi connectivity index (χ2n) is 30.5. The van der Waals surface area contributed by atoms with E-state index in [1.807, 2.05) is 0 Å². The summed E-state index contributed by atoms with van der Waals surface area (Å²) in [6, 6.07) is 139. The Labute approximate surface area is 628 Å². The first kappa shape index (κ1) is 62.0. The average molecular weight is 1380 g/mol.